The van der Waals surface area contributed by atoms with E-state index in [4.69, 9.17) is 5.11 Å². The van der Waals surface area contributed by atoms with E-state index in [0.717, 1.165) is 38.6 Å². The molecule has 1 atom stereocenters. The summed E-state index contributed by atoms with van der Waals surface area (Å²) in [7, 11) is 0. The number of rotatable bonds is 5. The fourth-order valence-electron chi connectivity index (χ4n) is 2.02. The number of unbranched alkanes of at least 4 members (excludes halogenated alkanes) is 2. The third-order valence-electron chi connectivity index (χ3n) is 2.90. The van der Waals surface area contributed by atoms with Crippen LogP contribution in [0.15, 0.2) is 0 Å². The molecule has 0 aromatic rings. The van der Waals surface area contributed by atoms with E-state index in [1.54, 1.807) is 0 Å². The predicted molar refractivity (Wildman–Crippen MR) is 56.0 cm³/mol. The molecule has 1 N–H and O–H groups in total. The lowest BCUT2D eigenvalue weighted by Crippen LogP contribution is -2.37. The Labute approximate surface area is 86.1 Å². The number of likely N-dealkylation sites (tertiary alicyclic amines) is 1. The minimum Gasteiger partial charge on any atom is -0.394 e. The van der Waals surface area contributed by atoms with Crippen molar-refractivity contribution in [1.29, 1.82) is 0 Å². The van der Waals surface area contributed by atoms with Crippen molar-refractivity contribution in [2.45, 2.75) is 51.5 Å². The Morgan fingerprint density at radius 3 is 2.93 bits per heavy atom. The Morgan fingerprint density at radius 1 is 1.50 bits per heavy atom. The number of carbonyl (C=O) groups is 1. The largest absolute Gasteiger partial charge is 0.394 e. The summed E-state index contributed by atoms with van der Waals surface area (Å²) in [6.45, 7) is 3.10. The average molecular weight is 199 g/mol. The summed E-state index contributed by atoms with van der Waals surface area (Å²) in [5.74, 6) is 0.231. The third kappa shape index (κ3) is 2.98. The van der Waals surface area contributed by atoms with E-state index >= 15 is 0 Å². The van der Waals surface area contributed by atoms with Gasteiger partial charge in [0.2, 0.25) is 5.91 Å². The maximum absolute atomic E-state index is 11.7. The number of aliphatic hydroxyl groups is 1. The van der Waals surface area contributed by atoms with Crippen molar-refractivity contribution in [3.8, 4) is 0 Å². The van der Waals surface area contributed by atoms with Gasteiger partial charge in [-0.05, 0) is 19.3 Å². The summed E-state index contributed by atoms with van der Waals surface area (Å²) in [6.07, 6.45) is 5.94. The number of hydrogen-bond donors (Lipinski definition) is 1. The Balaban J connectivity index is 2.28. The van der Waals surface area contributed by atoms with Crippen molar-refractivity contribution in [3.05, 3.63) is 0 Å². The van der Waals surface area contributed by atoms with Crippen LogP contribution in [0.5, 0.6) is 0 Å². The molecule has 1 heterocycles. The van der Waals surface area contributed by atoms with Crippen LogP contribution in [0.25, 0.3) is 0 Å². The zero-order valence-corrected chi connectivity index (χ0v) is 9.04. The summed E-state index contributed by atoms with van der Waals surface area (Å²) < 4.78 is 0. The standard InChI is InChI=1S/C11H21NO2/c1-2-3-4-7-11(14)12-8-5-6-10(12)9-13/h10,13H,2-9H2,1H3. The van der Waals surface area contributed by atoms with Gasteiger partial charge in [-0.25, -0.2) is 0 Å². The molecular weight excluding hydrogens is 178 g/mol. The van der Waals surface area contributed by atoms with E-state index in [9.17, 15) is 4.79 Å². The molecule has 0 saturated carbocycles. The van der Waals surface area contributed by atoms with Gasteiger partial charge in [-0.2, -0.15) is 0 Å². The number of hydrogen-bond acceptors (Lipinski definition) is 2. The smallest absolute Gasteiger partial charge is 0.222 e. The van der Waals surface area contributed by atoms with Crippen LogP contribution in [0.3, 0.4) is 0 Å². The third-order valence-corrected chi connectivity index (χ3v) is 2.90. The molecule has 14 heavy (non-hydrogen) atoms. The van der Waals surface area contributed by atoms with Gasteiger partial charge in [-0.15, -0.1) is 0 Å². The van der Waals surface area contributed by atoms with Crippen molar-refractivity contribution >= 4 is 5.91 Å². The van der Waals surface area contributed by atoms with Crippen LogP contribution in [0.2, 0.25) is 0 Å². The molecule has 1 amide bonds. The van der Waals surface area contributed by atoms with Gasteiger partial charge in [0.15, 0.2) is 0 Å². The van der Waals surface area contributed by atoms with E-state index in [1.807, 2.05) is 4.90 Å². The molecule has 0 bridgehead atoms. The van der Waals surface area contributed by atoms with Crippen LogP contribution >= 0.6 is 0 Å². The summed E-state index contributed by atoms with van der Waals surface area (Å²) in [5, 5.41) is 9.06. The molecular formula is C11H21NO2. The van der Waals surface area contributed by atoms with Gasteiger partial charge in [-0.3, -0.25) is 4.79 Å². The lowest BCUT2D eigenvalue weighted by Gasteiger charge is -2.22. The number of aliphatic hydroxyl groups excluding tert-OH is 1. The second-order valence-corrected chi connectivity index (χ2v) is 4.02. The fraction of sp³-hybridized carbons (Fsp3) is 0.909. The average Bonchev–Trinajstić information content (AvgIpc) is 2.65. The van der Waals surface area contributed by atoms with Crippen molar-refractivity contribution in [2.24, 2.45) is 0 Å². The summed E-state index contributed by atoms with van der Waals surface area (Å²) in [4.78, 5) is 13.6. The molecule has 3 nitrogen and oxygen atoms in total. The molecule has 0 aliphatic carbocycles. The molecule has 1 aliphatic heterocycles. The molecule has 0 aromatic heterocycles. The second kappa shape index (κ2) is 6.02. The van der Waals surface area contributed by atoms with Gasteiger partial charge >= 0.3 is 0 Å². The first-order chi connectivity index (χ1) is 6.79. The topological polar surface area (TPSA) is 40.5 Å². The molecule has 1 unspecified atom stereocenters. The van der Waals surface area contributed by atoms with Gasteiger partial charge in [0.25, 0.3) is 0 Å². The first-order valence-electron chi connectivity index (χ1n) is 5.70. The molecule has 1 fully saturated rings. The monoisotopic (exact) mass is 199 g/mol. The molecule has 3 heteroatoms. The molecule has 1 saturated heterocycles. The summed E-state index contributed by atoms with van der Waals surface area (Å²) >= 11 is 0. The minimum absolute atomic E-state index is 0.101. The second-order valence-electron chi connectivity index (χ2n) is 4.02. The lowest BCUT2D eigenvalue weighted by atomic mass is 10.2. The zero-order valence-electron chi connectivity index (χ0n) is 9.04. The van der Waals surface area contributed by atoms with Crippen LogP contribution in [-0.4, -0.2) is 35.1 Å². The van der Waals surface area contributed by atoms with Crippen molar-refractivity contribution < 1.29 is 9.90 Å². The van der Waals surface area contributed by atoms with E-state index in [0.29, 0.717) is 6.42 Å². The normalized spacial score (nSPS) is 21.6. The van der Waals surface area contributed by atoms with Crippen LogP contribution in [0.4, 0.5) is 0 Å². The number of amides is 1. The molecule has 82 valence electrons. The first-order valence-corrected chi connectivity index (χ1v) is 5.70. The lowest BCUT2D eigenvalue weighted by molar-refractivity contribution is -0.132. The molecule has 0 radical (unpaired) electrons. The Bertz CT molecular complexity index is 182. The highest BCUT2D eigenvalue weighted by Gasteiger charge is 2.27. The number of nitrogens with zero attached hydrogens (tertiary/aromatic N) is 1. The van der Waals surface area contributed by atoms with E-state index < -0.39 is 0 Å². The van der Waals surface area contributed by atoms with E-state index in [1.165, 1.54) is 0 Å². The number of carbonyl (C=O) groups excluding carboxylic acids is 1. The zero-order chi connectivity index (χ0) is 10.4. The van der Waals surface area contributed by atoms with Gasteiger partial charge in [0.05, 0.1) is 12.6 Å². The van der Waals surface area contributed by atoms with Crippen molar-refractivity contribution in [2.75, 3.05) is 13.2 Å². The molecule has 0 spiro atoms. The molecule has 1 aliphatic rings. The van der Waals surface area contributed by atoms with Gasteiger partial charge in [-0.1, -0.05) is 19.8 Å². The predicted octanol–water partition coefficient (Wildman–Crippen LogP) is 1.55. The maximum atomic E-state index is 11.7. The highest BCUT2D eigenvalue weighted by molar-refractivity contribution is 5.76. The molecule has 1 rings (SSSR count). The van der Waals surface area contributed by atoms with Gasteiger partial charge < -0.3 is 10.0 Å². The van der Waals surface area contributed by atoms with Crippen LogP contribution in [0, 0.1) is 0 Å². The fourth-order valence-corrected chi connectivity index (χ4v) is 2.02. The van der Waals surface area contributed by atoms with Gasteiger partial charge in [0, 0.05) is 13.0 Å². The maximum Gasteiger partial charge on any atom is 0.222 e. The Kier molecular flexibility index (Phi) is 4.94. The van der Waals surface area contributed by atoms with Crippen molar-refractivity contribution in [3.63, 3.8) is 0 Å². The Morgan fingerprint density at radius 2 is 2.29 bits per heavy atom. The van der Waals surface area contributed by atoms with Crippen LogP contribution in [-0.2, 0) is 4.79 Å². The highest BCUT2D eigenvalue weighted by atomic mass is 16.3. The summed E-state index contributed by atoms with van der Waals surface area (Å²) in [5.41, 5.74) is 0. The van der Waals surface area contributed by atoms with E-state index in [2.05, 4.69) is 6.92 Å². The SMILES string of the molecule is CCCCCC(=O)N1CCCC1CO. The van der Waals surface area contributed by atoms with Gasteiger partial charge in [0.1, 0.15) is 0 Å². The Hall–Kier alpha value is -0.570. The van der Waals surface area contributed by atoms with Crippen molar-refractivity contribution in [1.82, 2.24) is 4.90 Å². The first kappa shape index (κ1) is 11.5. The minimum atomic E-state index is 0.101. The molecule has 0 aromatic carbocycles. The van der Waals surface area contributed by atoms with Crippen LogP contribution in [0.1, 0.15) is 45.4 Å². The van der Waals surface area contributed by atoms with Crippen LogP contribution < -0.4 is 0 Å². The summed E-state index contributed by atoms with van der Waals surface area (Å²) in [6, 6.07) is 0.101. The highest BCUT2D eigenvalue weighted by Crippen LogP contribution is 2.18. The van der Waals surface area contributed by atoms with E-state index in [-0.39, 0.29) is 18.6 Å². The quantitative estimate of drug-likeness (QED) is 0.682.